The number of benzene rings is 1. The molecule has 4 heteroatoms. The minimum Gasteiger partial charge on any atom is -0.512 e. The summed E-state index contributed by atoms with van der Waals surface area (Å²) in [6, 6.07) is 8.30. The van der Waals surface area contributed by atoms with Crippen molar-refractivity contribution in [3.05, 3.63) is 72.5 Å². The fourth-order valence-corrected chi connectivity index (χ4v) is 1.45. The van der Waals surface area contributed by atoms with Gasteiger partial charge >= 0.3 is 5.97 Å². The average molecular weight is 260 g/mol. The SMILES string of the molecule is C=CC1(O)C=CC=C(O)C1.O=C(O)c1ccccc1. The molecule has 0 radical (unpaired) electrons. The molecule has 1 unspecified atom stereocenters. The van der Waals surface area contributed by atoms with E-state index in [2.05, 4.69) is 6.58 Å². The number of carboxylic acid groups (broad SMARTS) is 1. The van der Waals surface area contributed by atoms with E-state index in [1.165, 1.54) is 6.08 Å². The molecule has 0 spiro atoms. The molecule has 0 saturated carbocycles. The zero-order chi connectivity index (χ0) is 14.3. The zero-order valence-electron chi connectivity index (χ0n) is 10.4. The van der Waals surface area contributed by atoms with Gasteiger partial charge in [-0.1, -0.05) is 36.9 Å². The van der Waals surface area contributed by atoms with E-state index in [4.69, 9.17) is 10.2 Å². The van der Waals surface area contributed by atoms with E-state index in [1.807, 2.05) is 0 Å². The van der Waals surface area contributed by atoms with Gasteiger partial charge in [0.1, 0.15) is 5.60 Å². The molecule has 0 saturated heterocycles. The first kappa shape index (κ1) is 14.7. The molecular formula is C15H16O4. The van der Waals surface area contributed by atoms with Gasteiger partial charge in [0.25, 0.3) is 0 Å². The van der Waals surface area contributed by atoms with E-state index in [9.17, 15) is 9.90 Å². The third-order valence-corrected chi connectivity index (χ3v) is 2.51. The van der Waals surface area contributed by atoms with Gasteiger partial charge in [-0.25, -0.2) is 4.79 Å². The third kappa shape index (κ3) is 4.81. The van der Waals surface area contributed by atoms with Crippen molar-refractivity contribution in [1.82, 2.24) is 0 Å². The maximum absolute atomic E-state index is 10.2. The maximum atomic E-state index is 10.2. The van der Waals surface area contributed by atoms with Crippen LogP contribution in [0.4, 0.5) is 0 Å². The minimum atomic E-state index is -1.04. The van der Waals surface area contributed by atoms with Gasteiger partial charge in [0.05, 0.1) is 11.3 Å². The Morgan fingerprint density at radius 2 is 1.95 bits per heavy atom. The number of aliphatic hydroxyl groups is 2. The van der Waals surface area contributed by atoms with E-state index < -0.39 is 11.6 Å². The van der Waals surface area contributed by atoms with Gasteiger partial charge in [-0.3, -0.25) is 0 Å². The molecule has 0 aromatic heterocycles. The van der Waals surface area contributed by atoms with Crippen LogP contribution in [0.5, 0.6) is 0 Å². The van der Waals surface area contributed by atoms with E-state index in [1.54, 1.807) is 48.6 Å². The van der Waals surface area contributed by atoms with Gasteiger partial charge in [0, 0.05) is 6.42 Å². The fourth-order valence-electron chi connectivity index (χ4n) is 1.45. The van der Waals surface area contributed by atoms with E-state index in [0.717, 1.165) is 0 Å². The molecular weight excluding hydrogens is 244 g/mol. The number of hydrogen-bond donors (Lipinski definition) is 3. The van der Waals surface area contributed by atoms with Crippen LogP contribution in [-0.2, 0) is 0 Å². The standard InChI is InChI=1S/C8H10O2.C7H6O2/c1-2-8(10)5-3-4-7(9)6-8;8-7(9)6-4-2-1-3-5-6/h2-5,9-10H,1,6H2;1-5H,(H,8,9). The third-order valence-electron chi connectivity index (χ3n) is 2.51. The van der Waals surface area contributed by atoms with Crippen molar-refractivity contribution in [2.24, 2.45) is 0 Å². The highest BCUT2D eigenvalue weighted by atomic mass is 16.4. The first-order valence-electron chi connectivity index (χ1n) is 5.68. The Bertz CT molecular complexity index is 502. The summed E-state index contributed by atoms with van der Waals surface area (Å²) in [6.07, 6.45) is 6.40. The lowest BCUT2D eigenvalue weighted by Gasteiger charge is -2.21. The molecule has 100 valence electrons. The molecule has 4 nitrogen and oxygen atoms in total. The van der Waals surface area contributed by atoms with Crippen LogP contribution in [0.1, 0.15) is 16.8 Å². The Morgan fingerprint density at radius 3 is 2.32 bits per heavy atom. The number of rotatable bonds is 2. The molecule has 3 N–H and O–H groups in total. The van der Waals surface area contributed by atoms with Gasteiger partial charge in [0.2, 0.25) is 0 Å². The molecule has 1 aliphatic rings. The average Bonchev–Trinajstić information content (AvgIpc) is 2.40. The van der Waals surface area contributed by atoms with E-state index >= 15 is 0 Å². The molecule has 2 rings (SSSR count). The number of aliphatic hydroxyl groups excluding tert-OH is 1. The normalized spacial score (nSPS) is 20.8. The highest BCUT2D eigenvalue weighted by Gasteiger charge is 2.22. The van der Waals surface area contributed by atoms with Gasteiger partial charge < -0.3 is 15.3 Å². The minimum absolute atomic E-state index is 0.185. The Hall–Kier alpha value is -2.33. The summed E-state index contributed by atoms with van der Waals surface area (Å²) in [5.41, 5.74) is -0.712. The predicted octanol–water partition coefficient (Wildman–Crippen LogP) is 2.69. The van der Waals surface area contributed by atoms with Crippen molar-refractivity contribution >= 4 is 5.97 Å². The van der Waals surface area contributed by atoms with Crippen molar-refractivity contribution in [1.29, 1.82) is 0 Å². The van der Waals surface area contributed by atoms with Gasteiger partial charge in [-0.05, 0) is 24.3 Å². The largest absolute Gasteiger partial charge is 0.512 e. The number of hydrogen-bond acceptors (Lipinski definition) is 3. The highest BCUT2D eigenvalue weighted by molar-refractivity contribution is 5.87. The predicted molar refractivity (Wildman–Crippen MR) is 73.0 cm³/mol. The smallest absolute Gasteiger partial charge is 0.335 e. The summed E-state index contributed by atoms with van der Waals surface area (Å²) in [5.74, 6) is -0.694. The maximum Gasteiger partial charge on any atom is 0.335 e. The van der Waals surface area contributed by atoms with Crippen molar-refractivity contribution in [2.75, 3.05) is 0 Å². The number of aromatic carboxylic acids is 1. The highest BCUT2D eigenvalue weighted by Crippen LogP contribution is 2.21. The van der Waals surface area contributed by atoms with Crippen molar-refractivity contribution < 1.29 is 20.1 Å². The fraction of sp³-hybridized carbons (Fsp3) is 0.133. The summed E-state index contributed by atoms with van der Waals surface area (Å²) in [5, 5.41) is 26.8. The van der Waals surface area contributed by atoms with Gasteiger partial charge in [0.15, 0.2) is 0 Å². The Labute approximate surface area is 111 Å². The van der Waals surface area contributed by atoms with Crippen molar-refractivity contribution in [2.45, 2.75) is 12.0 Å². The molecule has 0 heterocycles. The van der Waals surface area contributed by atoms with Crippen LogP contribution >= 0.6 is 0 Å². The number of carboxylic acids is 1. The molecule has 0 bridgehead atoms. The molecule has 0 aliphatic heterocycles. The van der Waals surface area contributed by atoms with Crippen LogP contribution < -0.4 is 0 Å². The van der Waals surface area contributed by atoms with Gasteiger partial charge in [-0.2, -0.15) is 0 Å². The second kappa shape index (κ2) is 6.56. The number of carbonyl (C=O) groups is 1. The summed E-state index contributed by atoms with van der Waals surface area (Å²) in [6.45, 7) is 3.45. The molecule has 0 amide bonds. The summed E-state index contributed by atoms with van der Waals surface area (Å²) in [4.78, 5) is 10.2. The van der Waals surface area contributed by atoms with E-state index in [-0.39, 0.29) is 12.2 Å². The molecule has 1 aromatic carbocycles. The quantitative estimate of drug-likeness (QED) is 0.714. The molecule has 0 fully saturated rings. The van der Waals surface area contributed by atoms with Crippen molar-refractivity contribution in [3.8, 4) is 0 Å². The van der Waals surface area contributed by atoms with E-state index in [0.29, 0.717) is 5.56 Å². The van der Waals surface area contributed by atoms with Crippen LogP contribution in [0.25, 0.3) is 0 Å². The molecule has 19 heavy (non-hydrogen) atoms. The molecule has 1 aliphatic carbocycles. The molecule has 1 aromatic rings. The summed E-state index contributed by atoms with van der Waals surface area (Å²) in [7, 11) is 0. The second-order valence-electron chi connectivity index (χ2n) is 4.06. The topological polar surface area (TPSA) is 77.8 Å². The summed E-state index contributed by atoms with van der Waals surface area (Å²) < 4.78 is 0. The van der Waals surface area contributed by atoms with Crippen LogP contribution in [0.3, 0.4) is 0 Å². The van der Waals surface area contributed by atoms with Crippen LogP contribution in [0, 0.1) is 0 Å². The Balaban J connectivity index is 0.000000191. The lowest BCUT2D eigenvalue weighted by atomic mass is 9.95. The van der Waals surface area contributed by atoms with Crippen molar-refractivity contribution in [3.63, 3.8) is 0 Å². The number of allylic oxidation sites excluding steroid dienone is 2. The van der Waals surface area contributed by atoms with Gasteiger partial charge in [-0.15, -0.1) is 0 Å². The van der Waals surface area contributed by atoms with Crippen LogP contribution in [-0.4, -0.2) is 26.9 Å². The van der Waals surface area contributed by atoms with Crippen LogP contribution in [0.15, 0.2) is 67.0 Å². The zero-order valence-corrected chi connectivity index (χ0v) is 10.4. The van der Waals surface area contributed by atoms with Crippen LogP contribution in [0.2, 0.25) is 0 Å². The summed E-state index contributed by atoms with van der Waals surface area (Å²) >= 11 is 0. The lowest BCUT2D eigenvalue weighted by Crippen LogP contribution is -2.24. The Morgan fingerprint density at radius 1 is 1.32 bits per heavy atom. The first-order valence-corrected chi connectivity index (χ1v) is 5.68. The molecule has 1 atom stereocenters. The lowest BCUT2D eigenvalue weighted by molar-refractivity contribution is 0.0697. The Kier molecular flexibility index (Phi) is 5.09. The monoisotopic (exact) mass is 260 g/mol. The second-order valence-corrected chi connectivity index (χ2v) is 4.06. The first-order chi connectivity index (χ1) is 8.97.